The van der Waals surface area contributed by atoms with E-state index in [9.17, 15) is 0 Å². The van der Waals surface area contributed by atoms with Crippen LogP contribution in [0.3, 0.4) is 0 Å². The molecule has 0 bridgehead atoms. The van der Waals surface area contributed by atoms with Gasteiger partial charge in [0, 0.05) is 12.4 Å². The Morgan fingerprint density at radius 2 is 2.06 bits per heavy atom. The molecular weight excluding hydrogens is 200 g/mol. The minimum Gasteiger partial charge on any atom is -0.283 e. The van der Waals surface area contributed by atoms with Crippen LogP contribution in [0.25, 0.3) is 16.9 Å². The third-order valence-electron chi connectivity index (χ3n) is 2.56. The van der Waals surface area contributed by atoms with Gasteiger partial charge in [-0.15, -0.1) is 0 Å². The number of pyridine rings is 2. The average Bonchev–Trinajstić information content (AvgIpc) is 2.74. The second-order valence-corrected chi connectivity index (χ2v) is 3.62. The molecule has 3 rings (SSSR count). The number of aromatic nitrogens is 4. The molecule has 0 aromatic carbocycles. The lowest BCUT2D eigenvalue weighted by Gasteiger charge is -2.05. The van der Waals surface area contributed by atoms with Crippen molar-refractivity contribution in [3.05, 3.63) is 48.7 Å². The Labute approximate surface area is 92.6 Å². The Morgan fingerprint density at radius 3 is 2.94 bits per heavy atom. The first-order valence-corrected chi connectivity index (χ1v) is 5.05. The van der Waals surface area contributed by atoms with Crippen LogP contribution in [0.4, 0.5) is 0 Å². The summed E-state index contributed by atoms with van der Waals surface area (Å²) in [4.78, 5) is 12.7. The summed E-state index contributed by atoms with van der Waals surface area (Å²) < 4.78 is 1.98. The van der Waals surface area contributed by atoms with Crippen LogP contribution in [-0.4, -0.2) is 19.5 Å². The third kappa shape index (κ3) is 1.27. The van der Waals surface area contributed by atoms with Crippen LogP contribution in [0.2, 0.25) is 0 Å². The molecule has 3 aromatic rings. The normalized spacial score (nSPS) is 10.8. The number of nitrogens with zero attached hydrogens (tertiary/aromatic N) is 4. The van der Waals surface area contributed by atoms with Gasteiger partial charge in [-0.25, -0.2) is 9.97 Å². The monoisotopic (exact) mass is 210 g/mol. The lowest BCUT2D eigenvalue weighted by molar-refractivity contribution is 1.00. The summed E-state index contributed by atoms with van der Waals surface area (Å²) in [7, 11) is 0. The topological polar surface area (TPSA) is 43.6 Å². The molecule has 0 amide bonds. The highest BCUT2D eigenvalue weighted by Crippen LogP contribution is 2.17. The fourth-order valence-corrected chi connectivity index (χ4v) is 1.76. The van der Waals surface area contributed by atoms with E-state index >= 15 is 0 Å². The van der Waals surface area contributed by atoms with Crippen molar-refractivity contribution >= 4 is 11.0 Å². The lowest BCUT2D eigenvalue weighted by Crippen LogP contribution is -1.98. The molecule has 3 heterocycles. The summed E-state index contributed by atoms with van der Waals surface area (Å²) in [6, 6.07) is 5.91. The Kier molecular flexibility index (Phi) is 1.93. The van der Waals surface area contributed by atoms with E-state index in [0.29, 0.717) is 0 Å². The predicted molar refractivity (Wildman–Crippen MR) is 61.4 cm³/mol. The highest BCUT2D eigenvalue weighted by Gasteiger charge is 2.06. The molecule has 0 spiro atoms. The number of hydrogen-bond acceptors (Lipinski definition) is 3. The summed E-state index contributed by atoms with van der Waals surface area (Å²) in [5, 5.41) is 0. The minimum absolute atomic E-state index is 0.882. The van der Waals surface area contributed by atoms with Crippen LogP contribution in [0.1, 0.15) is 5.56 Å². The van der Waals surface area contributed by atoms with Crippen LogP contribution in [-0.2, 0) is 0 Å². The van der Waals surface area contributed by atoms with Crippen molar-refractivity contribution in [2.45, 2.75) is 6.92 Å². The minimum atomic E-state index is 0.882. The summed E-state index contributed by atoms with van der Waals surface area (Å²) in [6.45, 7) is 2.04. The van der Waals surface area contributed by atoms with Crippen LogP contribution in [0.5, 0.6) is 0 Å². The molecule has 4 heteroatoms. The molecule has 0 fully saturated rings. The van der Waals surface area contributed by atoms with Crippen LogP contribution < -0.4 is 0 Å². The molecule has 4 nitrogen and oxygen atoms in total. The van der Waals surface area contributed by atoms with E-state index in [1.165, 1.54) is 0 Å². The molecule has 16 heavy (non-hydrogen) atoms. The molecule has 0 saturated heterocycles. The summed E-state index contributed by atoms with van der Waals surface area (Å²) in [5.74, 6) is 0.913. The number of fused-ring (bicyclic) bond motifs is 1. The number of rotatable bonds is 1. The van der Waals surface area contributed by atoms with Gasteiger partial charge in [0.2, 0.25) is 0 Å². The molecule has 0 saturated carbocycles. The molecule has 0 atom stereocenters. The zero-order valence-corrected chi connectivity index (χ0v) is 8.83. The first kappa shape index (κ1) is 9.03. The maximum absolute atomic E-state index is 4.37. The fourth-order valence-electron chi connectivity index (χ4n) is 1.76. The number of hydrogen-bond donors (Lipinski definition) is 0. The van der Waals surface area contributed by atoms with E-state index < -0.39 is 0 Å². The third-order valence-corrected chi connectivity index (χ3v) is 2.56. The van der Waals surface area contributed by atoms with Crippen LogP contribution in [0, 0.1) is 6.92 Å². The van der Waals surface area contributed by atoms with Gasteiger partial charge in [-0.3, -0.25) is 9.55 Å². The average molecular weight is 210 g/mol. The Hall–Kier alpha value is -2.23. The molecule has 0 aliphatic carbocycles. The predicted octanol–water partition coefficient (Wildman–Crippen LogP) is 2.12. The molecule has 0 aliphatic rings. The van der Waals surface area contributed by atoms with E-state index in [2.05, 4.69) is 15.0 Å². The number of aryl methyl sites for hydroxylation is 1. The quantitative estimate of drug-likeness (QED) is 0.618. The molecule has 78 valence electrons. The molecular formula is C12H10N4. The fraction of sp³-hybridized carbons (Fsp3) is 0.0833. The maximum Gasteiger partial charge on any atom is 0.141 e. The molecule has 0 N–H and O–H groups in total. The van der Waals surface area contributed by atoms with E-state index in [-0.39, 0.29) is 0 Å². The van der Waals surface area contributed by atoms with E-state index in [0.717, 1.165) is 22.4 Å². The van der Waals surface area contributed by atoms with E-state index in [1.54, 1.807) is 24.9 Å². The van der Waals surface area contributed by atoms with Crippen molar-refractivity contribution in [3.63, 3.8) is 0 Å². The molecule has 0 unspecified atom stereocenters. The van der Waals surface area contributed by atoms with Crippen molar-refractivity contribution in [2.24, 2.45) is 0 Å². The van der Waals surface area contributed by atoms with Gasteiger partial charge in [-0.1, -0.05) is 6.07 Å². The molecule has 3 aromatic heterocycles. The van der Waals surface area contributed by atoms with Crippen molar-refractivity contribution in [3.8, 4) is 5.82 Å². The largest absolute Gasteiger partial charge is 0.283 e. The van der Waals surface area contributed by atoms with Gasteiger partial charge >= 0.3 is 0 Å². The van der Waals surface area contributed by atoms with E-state index in [1.807, 2.05) is 29.7 Å². The second kappa shape index (κ2) is 3.41. The maximum atomic E-state index is 4.37. The number of imidazole rings is 1. The smallest absolute Gasteiger partial charge is 0.141 e. The highest BCUT2D eigenvalue weighted by atomic mass is 15.1. The highest BCUT2D eigenvalue weighted by molar-refractivity contribution is 5.75. The standard InChI is InChI=1S/C12H10N4/c1-9-3-2-5-14-12(9)16-8-15-10-7-13-6-4-11(10)16/h2-8H,1H3. The second-order valence-electron chi connectivity index (χ2n) is 3.62. The summed E-state index contributed by atoms with van der Waals surface area (Å²) >= 11 is 0. The molecule has 0 aliphatic heterocycles. The first-order chi connectivity index (χ1) is 7.86. The summed E-state index contributed by atoms with van der Waals surface area (Å²) in [6.07, 6.45) is 7.08. The van der Waals surface area contributed by atoms with Crippen molar-refractivity contribution in [2.75, 3.05) is 0 Å². The van der Waals surface area contributed by atoms with Crippen LogP contribution in [0.15, 0.2) is 43.1 Å². The van der Waals surface area contributed by atoms with Crippen LogP contribution >= 0.6 is 0 Å². The van der Waals surface area contributed by atoms with Gasteiger partial charge in [-0.05, 0) is 24.6 Å². The van der Waals surface area contributed by atoms with Gasteiger partial charge < -0.3 is 0 Å². The zero-order valence-electron chi connectivity index (χ0n) is 8.83. The van der Waals surface area contributed by atoms with Gasteiger partial charge in [-0.2, -0.15) is 0 Å². The van der Waals surface area contributed by atoms with Gasteiger partial charge in [0.15, 0.2) is 0 Å². The van der Waals surface area contributed by atoms with Crippen molar-refractivity contribution < 1.29 is 0 Å². The van der Waals surface area contributed by atoms with Crippen molar-refractivity contribution in [1.82, 2.24) is 19.5 Å². The Bertz CT molecular complexity index is 642. The summed E-state index contributed by atoms with van der Waals surface area (Å²) in [5.41, 5.74) is 3.03. The van der Waals surface area contributed by atoms with Gasteiger partial charge in [0.1, 0.15) is 17.7 Å². The van der Waals surface area contributed by atoms with Gasteiger partial charge in [0.25, 0.3) is 0 Å². The first-order valence-electron chi connectivity index (χ1n) is 5.05. The van der Waals surface area contributed by atoms with E-state index in [4.69, 9.17) is 0 Å². The Balaban J connectivity index is 2.31. The van der Waals surface area contributed by atoms with Gasteiger partial charge in [0.05, 0.1) is 11.7 Å². The molecule has 0 radical (unpaired) electrons. The van der Waals surface area contributed by atoms with Crippen molar-refractivity contribution in [1.29, 1.82) is 0 Å². The zero-order chi connectivity index (χ0) is 11.0. The SMILES string of the molecule is Cc1cccnc1-n1cnc2cnccc21. The lowest BCUT2D eigenvalue weighted by atomic mass is 10.3. The Morgan fingerprint density at radius 1 is 1.12 bits per heavy atom.